The van der Waals surface area contributed by atoms with Crippen molar-refractivity contribution >= 4 is 0 Å². The standard InChI is InChI=1S/C34H50/c1-34(23-13-3-2-4-14-23,32-28-19-9-5-15-24(28)25-16-6-10-20-29(25)32)33-30-21-11-7-17-26(30)27-18-8-12-22-31(27)33/h2-4,13-14,24-33H,5-12,15-22H2,1H3. The minimum Gasteiger partial charge on any atom is -0.0622 e. The monoisotopic (exact) mass is 458 g/mol. The van der Waals surface area contributed by atoms with Gasteiger partial charge in [0, 0.05) is 0 Å². The van der Waals surface area contributed by atoms with E-state index in [1.54, 1.807) is 56.9 Å². The lowest BCUT2D eigenvalue weighted by molar-refractivity contribution is 0.0251. The first kappa shape index (κ1) is 22.4. The average Bonchev–Trinajstić information content (AvgIpc) is 3.43. The minimum absolute atomic E-state index is 0.398. The van der Waals surface area contributed by atoms with Crippen LogP contribution < -0.4 is 0 Å². The Morgan fingerprint density at radius 2 is 0.735 bits per heavy atom. The average molecular weight is 459 g/mol. The van der Waals surface area contributed by atoms with Crippen molar-refractivity contribution in [2.45, 2.75) is 115 Å². The normalized spacial score (nSPS) is 47.7. The molecule has 0 heterocycles. The Kier molecular flexibility index (Phi) is 5.90. The Balaban J connectivity index is 1.38. The van der Waals surface area contributed by atoms with Gasteiger partial charge in [0.05, 0.1) is 0 Å². The molecule has 0 saturated heterocycles. The molecule has 0 nitrogen and oxygen atoms in total. The van der Waals surface area contributed by atoms with Gasteiger partial charge < -0.3 is 0 Å². The summed E-state index contributed by atoms with van der Waals surface area (Å²) in [4.78, 5) is 0. The zero-order valence-electron chi connectivity index (χ0n) is 22.0. The van der Waals surface area contributed by atoms with Crippen molar-refractivity contribution in [3.05, 3.63) is 35.9 Å². The molecule has 1 aromatic carbocycles. The van der Waals surface area contributed by atoms with Gasteiger partial charge >= 0.3 is 0 Å². The van der Waals surface area contributed by atoms with Gasteiger partial charge in [-0.05, 0) is 122 Å². The highest BCUT2D eigenvalue weighted by Crippen LogP contribution is 2.69. The molecule has 34 heavy (non-hydrogen) atoms. The maximum absolute atomic E-state index is 2.88. The fourth-order valence-electron chi connectivity index (χ4n) is 12.5. The highest BCUT2D eigenvalue weighted by molar-refractivity contribution is 5.31. The molecule has 0 radical (unpaired) electrons. The smallest absolute Gasteiger partial charge is 0.000785 e. The summed E-state index contributed by atoms with van der Waals surface area (Å²) in [6.45, 7) is 2.88. The molecule has 0 aliphatic heterocycles. The maximum Gasteiger partial charge on any atom is -0.000785 e. The first-order valence-corrected chi connectivity index (χ1v) is 15.8. The van der Waals surface area contributed by atoms with Gasteiger partial charge in [-0.2, -0.15) is 0 Å². The third kappa shape index (κ3) is 3.28. The van der Waals surface area contributed by atoms with Crippen molar-refractivity contribution in [2.24, 2.45) is 59.2 Å². The van der Waals surface area contributed by atoms with Crippen LogP contribution >= 0.6 is 0 Å². The van der Waals surface area contributed by atoms with Gasteiger partial charge in [0.15, 0.2) is 0 Å². The second-order valence-corrected chi connectivity index (χ2v) is 14.1. The van der Waals surface area contributed by atoms with Crippen molar-refractivity contribution in [2.75, 3.05) is 0 Å². The van der Waals surface area contributed by atoms with Crippen LogP contribution in [-0.4, -0.2) is 0 Å². The van der Waals surface area contributed by atoms with Crippen LogP contribution in [0.1, 0.15) is 115 Å². The van der Waals surface area contributed by atoms with Crippen molar-refractivity contribution in [1.29, 1.82) is 0 Å². The molecule has 0 amide bonds. The van der Waals surface area contributed by atoms with Crippen molar-refractivity contribution in [1.82, 2.24) is 0 Å². The summed E-state index contributed by atoms with van der Waals surface area (Å²) < 4.78 is 0. The SMILES string of the molecule is CC(c1ccccc1)(C1C2CCCCC2C2CCCCC21)C1C2CCCCC2C2CCCCC21. The Hall–Kier alpha value is -0.780. The van der Waals surface area contributed by atoms with E-state index >= 15 is 0 Å². The van der Waals surface area contributed by atoms with E-state index in [0.29, 0.717) is 5.41 Å². The van der Waals surface area contributed by atoms with Gasteiger partial charge in [-0.3, -0.25) is 0 Å². The molecule has 6 fully saturated rings. The Morgan fingerprint density at radius 1 is 0.441 bits per heavy atom. The van der Waals surface area contributed by atoms with E-state index in [0.717, 1.165) is 59.2 Å². The van der Waals surface area contributed by atoms with E-state index in [1.165, 1.54) is 51.4 Å². The molecule has 8 unspecified atom stereocenters. The molecule has 6 aliphatic rings. The van der Waals surface area contributed by atoms with Crippen LogP contribution in [0.15, 0.2) is 30.3 Å². The molecule has 0 aromatic heterocycles. The minimum atomic E-state index is 0.398. The molecule has 1 aromatic rings. The lowest BCUT2D eigenvalue weighted by Gasteiger charge is -2.52. The van der Waals surface area contributed by atoms with Crippen LogP contribution in [0.4, 0.5) is 0 Å². The summed E-state index contributed by atoms with van der Waals surface area (Å²) in [6.07, 6.45) is 24.7. The topological polar surface area (TPSA) is 0 Å². The molecule has 6 aliphatic carbocycles. The largest absolute Gasteiger partial charge is 0.0622 e. The molecule has 0 spiro atoms. The molecule has 0 N–H and O–H groups in total. The predicted molar refractivity (Wildman–Crippen MR) is 143 cm³/mol. The number of rotatable bonds is 3. The zero-order chi connectivity index (χ0) is 22.7. The van der Waals surface area contributed by atoms with Crippen molar-refractivity contribution in [3.63, 3.8) is 0 Å². The van der Waals surface area contributed by atoms with Gasteiger partial charge in [-0.25, -0.2) is 0 Å². The molecule has 6 saturated carbocycles. The second-order valence-electron chi connectivity index (χ2n) is 14.1. The Labute approximate surface area is 210 Å². The van der Waals surface area contributed by atoms with Crippen LogP contribution in [0.25, 0.3) is 0 Å². The number of hydrogen-bond acceptors (Lipinski definition) is 0. The zero-order valence-corrected chi connectivity index (χ0v) is 22.0. The summed E-state index contributed by atoms with van der Waals surface area (Å²) in [5.41, 5.74) is 2.16. The molecule has 0 bridgehead atoms. The van der Waals surface area contributed by atoms with E-state index in [9.17, 15) is 0 Å². The third-order valence-corrected chi connectivity index (χ3v) is 13.2. The quantitative estimate of drug-likeness (QED) is 0.423. The van der Waals surface area contributed by atoms with Gasteiger partial charge in [0.2, 0.25) is 0 Å². The summed E-state index contributed by atoms with van der Waals surface area (Å²) in [6, 6.07) is 12.3. The lowest BCUT2D eigenvalue weighted by atomic mass is 9.51. The highest BCUT2D eigenvalue weighted by atomic mass is 14.7. The van der Waals surface area contributed by atoms with Crippen molar-refractivity contribution < 1.29 is 0 Å². The molecule has 7 rings (SSSR count). The van der Waals surface area contributed by atoms with Gasteiger partial charge in [0.1, 0.15) is 0 Å². The Bertz CT molecular complexity index is 747. The summed E-state index contributed by atoms with van der Waals surface area (Å²) in [5.74, 6) is 10.3. The fraction of sp³-hybridized carbons (Fsp3) is 0.824. The van der Waals surface area contributed by atoms with E-state index < -0.39 is 0 Å². The first-order chi connectivity index (χ1) is 16.8. The molecule has 186 valence electrons. The molecule has 8 atom stereocenters. The Morgan fingerprint density at radius 3 is 1.06 bits per heavy atom. The van der Waals surface area contributed by atoms with Crippen LogP contribution in [-0.2, 0) is 5.41 Å². The van der Waals surface area contributed by atoms with E-state index in [2.05, 4.69) is 37.3 Å². The second kappa shape index (κ2) is 8.95. The van der Waals surface area contributed by atoms with E-state index in [4.69, 9.17) is 0 Å². The first-order valence-electron chi connectivity index (χ1n) is 15.8. The van der Waals surface area contributed by atoms with Gasteiger partial charge in [-0.1, -0.05) is 88.6 Å². The van der Waals surface area contributed by atoms with Crippen molar-refractivity contribution in [3.8, 4) is 0 Å². The van der Waals surface area contributed by atoms with Crippen LogP contribution in [0.5, 0.6) is 0 Å². The van der Waals surface area contributed by atoms with Gasteiger partial charge in [-0.15, -0.1) is 0 Å². The van der Waals surface area contributed by atoms with Gasteiger partial charge in [0.25, 0.3) is 0 Å². The van der Waals surface area contributed by atoms with Crippen LogP contribution in [0, 0.1) is 59.2 Å². The number of hydrogen-bond donors (Lipinski definition) is 0. The third-order valence-electron chi connectivity index (χ3n) is 13.2. The van der Waals surface area contributed by atoms with Crippen LogP contribution in [0.3, 0.4) is 0 Å². The molecular formula is C34H50. The fourth-order valence-corrected chi connectivity index (χ4v) is 12.5. The highest BCUT2D eigenvalue weighted by Gasteiger charge is 2.64. The van der Waals surface area contributed by atoms with E-state index in [-0.39, 0.29) is 0 Å². The van der Waals surface area contributed by atoms with E-state index in [1.807, 2.05) is 0 Å². The summed E-state index contributed by atoms with van der Waals surface area (Å²) >= 11 is 0. The summed E-state index contributed by atoms with van der Waals surface area (Å²) in [7, 11) is 0. The maximum atomic E-state index is 2.88. The predicted octanol–water partition coefficient (Wildman–Crippen LogP) is 9.43. The molecule has 0 heteroatoms. The number of benzene rings is 1. The van der Waals surface area contributed by atoms with Crippen LogP contribution in [0.2, 0.25) is 0 Å². The number of fused-ring (bicyclic) bond motifs is 6. The summed E-state index contributed by atoms with van der Waals surface area (Å²) in [5, 5.41) is 0. The lowest BCUT2D eigenvalue weighted by Crippen LogP contribution is -2.49. The molecular weight excluding hydrogens is 408 g/mol.